The molecular formula is C21H28N6O2. The first-order valence-corrected chi connectivity index (χ1v) is 10.5. The van der Waals surface area contributed by atoms with Crippen LogP contribution in [0.3, 0.4) is 0 Å². The Morgan fingerprint density at radius 1 is 0.966 bits per heavy atom. The van der Waals surface area contributed by atoms with Crippen LogP contribution in [0.2, 0.25) is 0 Å². The van der Waals surface area contributed by atoms with Crippen LogP contribution in [0.4, 0.5) is 5.69 Å². The number of anilines is 1. The number of hydrogen-bond donors (Lipinski definition) is 3. The van der Waals surface area contributed by atoms with Gasteiger partial charge in [0.15, 0.2) is 5.69 Å². The van der Waals surface area contributed by atoms with Crippen molar-refractivity contribution in [2.75, 3.05) is 18.4 Å². The van der Waals surface area contributed by atoms with E-state index in [1.165, 1.54) is 19.3 Å². The van der Waals surface area contributed by atoms with Crippen LogP contribution in [0.5, 0.6) is 0 Å². The van der Waals surface area contributed by atoms with Crippen molar-refractivity contribution in [1.29, 1.82) is 0 Å². The molecule has 3 N–H and O–H groups in total. The maximum atomic E-state index is 12.5. The Balaban J connectivity index is 1.32. The van der Waals surface area contributed by atoms with E-state index in [1.807, 2.05) is 0 Å². The molecule has 1 aliphatic heterocycles. The highest BCUT2D eigenvalue weighted by atomic mass is 16.2. The molecule has 1 saturated carbocycles. The Hall–Kier alpha value is -2.74. The van der Waals surface area contributed by atoms with Crippen LogP contribution in [0, 0.1) is 0 Å². The fraction of sp³-hybridized carbons (Fsp3) is 0.524. The lowest BCUT2D eigenvalue weighted by atomic mass is 9.95. The van der Waals surface area contributed by atoms with Crippen LogP contribution in [-0.4, -0.2) is 45.9 Å². The van der Waals surface area contributed by atoms with E-state index >= 15 is 0 Å². The molecule has 29 heavy (non-hydrogen) atoms. The zero-order valence-electron chi connectivity index (χ0n) is 16.6. The van der Waals surface area contributed by atoms with Crippen LogP contribution in [-0.2, 0) is 0 Å². The van der Waals surface area contributed by atoms with Crippen molar-refractivity contribution in [3.63, 3.8) is 0 Å². The monoisotopic (exact) mass is 396 g/mol. The van der Waals surface area contributed by atoms with E-state index in [1.54, 1.807) is 35.1 Å². The van der Waals surface area contributed by atoms with Crippen LogP contribution in [0.25, 0.3) is 0 Å². The van der Waals surface area contributed by atoms with Gasteiger partial charge in [-0.2, -0.15) is 0 Å². The minimum absolute atomic E-state index is 0.0558. The smallest absolute Gasteiger partial charge is 0.277 e. The summed E-state index contributed by atoms with van der Waals surface area (Å²) in [6.07, 6.45) is 9.39. The lowest BCUT2D eigenvalue weighted by molar-refractivity contribution is 0.0927. The fourth-order valence-corrected chi connectivity index (χ4v) is 4.05. The highest BCUT2D eigenvalue weighted by Gasteiger charge is 2.19. The van der Waals surface area contributed by atoms with Gasteiger partial charge in [0.05, 0.1) is 12.2 Å². The number of piperidine rings is 1. The van der Waals surface area contributed by atoms with Gasteiger partial charge in [0.25, 0.3) is 11.8 Å². The number of amides is 2. The summed E-state index contributed by atoms with van der Waals surface area (Å²) < 4.78 is 1.79. The summed E-state index contributed by atoms with van der Waals surface area (Å²) in [7, 11) is 0. The summed E-state index contributed by atoms with van der Waals surface area (Å²) in [4.78, 5) is 24.9. The van der Waals surface area contributed by atoms with Gasteiger partial charge in [-0.15, -0.1) is 5.10 Å². The molecule has 1 aromatic carbocycles. The Bertz CT molecular complexity index is 835. The number of benzene rings is 1. The second kappa shape index (κ2) is 9.17. The predicted molar refractivity (Wildman–Crippen MR) is 110 cm³/mol. The van der Waals surface area contributed by atoms with Gasteiger partial charge < -0.3 is 16.0 Å². The fourth-order valence-electron chi connectivity index (χ4n) is 4.05. The highest BCUT2D eigenvalue weighted by Crippen LogP contribution is 2.19. The van der Waals surface area contributed by atoms with Gasteiger partial charge >= 0.3 is 0 Å². The van der Waals surface area contributed by atoms with Gasteiger partial charge in [-0.1, -0.05) is 24.5 Å². The van der Waals surface area contributed by atoms with Crippen molar-refractivity contribution >= 4 is 17.5 Å². The topological polar surface area (TPSA) is 101 Å². The summed E-state index contributed by atoms with van der Waals surface area (Å²) >= 11 is 0. The van der Waals surface area contributed by atoms with Gasteiger partial charge in [0.1, 0.15) is 0 Å². The zero-order valence-corrected chi connectivity index (χ0v) is 16.6. The summed E-state index contributed by atoms with van der Waals surface area (Å²) in [5, 5.41) is 17.4. The zero-order chi connectivity index (χ0) is 20.1. The van der Waals surface area contributed by atoms with Crippen LogP contribution >= 0.6 is 0 Å². The molecule has 154 valence electrons. The number of carbonyl (C=O) groups is 2. The third-order valence-electron chi connectivity index (χ3n) is 5.77. The quantitative estimate of drug-likeness (QED) is 0.721. The molecule has 1 aromatic heterocycles. The molecular weight excluding hydrogens is 368 g/mol. The lowest BCUT2D eigenvalue weighted by Gasteiger charge is -2.22. The maximum absolute atomic E-state index is 12.5. The third-order valence-corrected chi connectivity index (χ3v) is 5.77. The Morgan fingerprint density at radius 3 is 2.41 bits per heavy atom. The maximum Gasteiger partial charge on any atom is 0.277 e. The van der Waals surface area contributed by atoms with E-state index < -0.39 is 0 Å². The summed E-state index contributed by atoms with van der Waals surface area (Å²) in [5.41, 5.74) is 1.52. The minimum Gasteiger partial charge on any atom is -0.349 e. The second-order valence-corrected chi connectivity index (χ2v) is 7.90. The molecule has 0 bridgehead atoms. The molecule has 0 spiro atoms. The molecule has 4 rings (SSSR count). The SMILES string of the molecule is O=C(NC1CCCCC1)c1ccc(NC(=O)c2cn(C3CCNCC3)nn2)cc1. The Labute approximate surface area is 170 Å². The number of nitrogens with zero attached hydrogens (tertiary/aromatic N) is 3. The summed E-state index contributed by atoms with van der Waals surface area (Å²) in [6.45, 7) is 1.90. The molecule has 2 aliphatic rings. The molecule has 0 unspecified atom stereocenters. The van der Waals surface area contributed by atoms with Crippen LogP contribution in [0.15, 0.2) is 30.5 Å². The van der Waals surface area contributed by atoms with Crippen molar-refractivity contribution < 1.29 is 9.59 Å². The Morgan fingerprint density at radius 2 is 1.69 bits per heavy atom. The van der Waals surface area contributed by atoms with E-state index in [4.69, 9.17) is 0 Å². The van der Waals surface area contributed by atoms with Gasteiger partial charge in [-0.3, -0.25) is 9.59 Å². The molecule has 8 nitrogen and oxygen atoms in total. The number of rotatable bonds is 5. The van der Waals surface area contributed by atoms with Gasteiger partial charge in [-0.05, 0) is 63.0 Å². The van der Waals surface area contributed by atoms with Crippen molar-refractivity contribution in [3.05, 3.63) is 41.7 Å². The number of aromatic nitrogens is 3. The first kappa shape index (κ1) is 19.6. The molecule has 2 aromatic rings. The first-order chi connectivity index (χ1) is 14.2. The van der Waals surface area contributed by atoms with E-state index in [-0.39, 0.29) is 23.9 Å². The predicted octanol–water partition coefficient (Wildman–Crippen LogP) is 2.52. The summed E-state index contributed by atoms with van der Waals surface area (Å²) in [5.74, 6) is -0.357. The average molecular weight is 396 g/mol. The van der Waals surface area contributed by atoms with E-state index in [9.17, 15) is 9.59 Å². The average Bonchev–Trinajstić information content (AvgIpc) is 3.26. The summed E-state index contributed by atoms with van der Waals surface area (Å²) in [6, 6.07) is 7.51. The standard InChI is InChI=1S/C21H28N6O2/c28-20(23-16-4-2-1-3-5-16)15-6-8-17(9-7-15)24-21(29)19-14-27(26-25-19)18-10-12-22-13-11-18/h6-9,14,16,18,22H,1-5,10-13H2,(H,23,28)(H,24,29). The highest BCUT2D eigenvalue weighted by molar-refractivity contribution is 6.03. The molecule has 2 amide bonds. The molecule has 1 aliphatic carbocycles. The van der Waals surface area contributed by atoms with Crippen LogP contribution in [0.1, 0.15) is 71.8 Å². The largest absolute Gasteiger partial charge is 0.349 e. The molecule has 2 heterocycles. The normalized spacial score (nSPS) is 18.3. The second-order valence-electron chi connectivity index (χ2n) is 7.90. The molecule has 2 fully saturated rings. The van der Waals surface area contributed by atoms with Crippen LogP contribution < -0.4 is 16.0 Å². The van der Waals surface area contributed by atoms with Gasteiger partial charge in [0.2, 0.25) is 0 Å². The van der Waals surface area contributed by atoms with E-state index in [0.29, 0.717) is 16.9 Å². The Kier molecular flexibility index (Phi) is 6.19. The van der Waals surface area contributed by atoms with Crippen molar-refractivity contribution in [3.8, 4) is 0 Å². The number of carbonyl (C=O) groups excluding carboxylic acids is 2. The molecule has 0 radical (unpaired) electrons. The van der Waals surface area contributed by atoms with Crippen molar-refractivity contribution in [1.82, 2.24) is 25.6 Å². The van der Waals surface area contributed by atoms with Gasteiger partial charge in [0, 0.05) is 17.3 Å². The van der Waals surface area contributed by atoms with E-state index in [2.05, 4.69) is 26.3 Å². The first-order valence-electron chi connectivity index (χ1n) is 10.5. The lowest BCUT2D eigenvalue weighted by Crippen LogP contribution is -2.36. The number of hydrogen-bond acceptors (Lipinski definition) is 5. The molecule has 0 atom stereocenters. The van der Waals surface area contributed by atoms with E-state index in [0.717, 1.165) is 38.8 Å². The molecule has 8 heteroatoms. The minimum atomic E-state index is -0.301. The number of nitrogens with one attached hydrogen (secondary N) is 3. The van der Waals surface area contributed by atoms with Crippen molar-refractivity contribution in [2.24, 2.45) is 0 Å². The van der Waals surface area contributed by atoms with Crippen molar-refractivity contribution in [2.45, 2.75) is 57.0 Å². The molecule has 1 saturated heterocycles. The van der Waals surface area contributed by atoms with Gasteiger partial charge in [-0.25, -0.2) is 4.68 Å². The third kappa shape index (κ3) is 5.00.